The summed E-state index contributed by atoms with van der Waals surface area (Å²) in [5.74, 6) is 0.410. The summed E-state index contributed by atoms with van der Waals surface area (Å²) in [6.07, 6.45) is 1.23. The van der Waals surface area contributed by atoms with Crippen molar-refractivity contribution < 1.29 is 22.8 Å². The minimum absolute atomic E-state index is 0.00743. The lowest BCUT2D eigenvalue weighted by Crippen LogP contribution is -2.44. The molecule has 0 radical (unpaired) electrons. The fourth-order valence-electron chi connectivity index (χ4n) is 6.84. The third-order valence-corrected chi connectivity index (χ3v) is 8.85. The minimum Gasteiger partial charge on any atom is -0.359 e. The van der Waals surface area contributed by atoms with Crippen LogP contribution in [0.4, 0.5) is 13.2 Å². The van der Waals surface area contributed by atoms with E-state index in [0.717, 1.165) is 57.5 Å². The van der Waals surface area contributed by atoms with Crippen molar-refractivity contribution >= 4 is 11.8 Å². The smallest absolute Gasteiger partial charge is 0.359 e. The maximum absolute atomic E-state index is 13.7. The zero-order valence-electron chi connectivity index (χ0n) is 19.1. The highest BCUT2D eigenvalue weighted by Gasteiger charge is 2.61. The molecular weight excluding hydrogens is 433 g/mol. The van der Waals surface area contributed by atoms with Gasteiger partial charge in [0.05, 0.1) is 11.0 Å². The van der Waals surface area contributed by atoms with Crippen molar-refractivity contribution in [2.24, 2.45) is 17.3 Å². The summed E-state index contributed by atoms with van der Waals surface area (Å²) < 4.78 is 39.5. The Morgan fingerprint density at radius 3 is 2.64 bits per heavy atom. The monoisotopic (exact) mass is 464 g/mol. The second-order valence-electron chi connectivity index (χ2n) is 10.3. The molecule has 1 aromatic heterocycles. The molecule has 2 unspecified atom stereocenters. The number of halogens is 3. The quantitative estimate of drug-likeness (QED) is 0.731. The highest BCUT2D eigenvalue weighted by molar-refractivity contribution is 5.87. The first kappa shape index (κ1) is 22.6. The van der Waals surface area contributed by atoms with Crippen molar-refractivity contribution in [3.8, 4) is 0 Å². The van der Waals surface area contributed by atoms with Crippen molar-refractivity contribution in [1.29, 1.82) is 0 Å². The fourth-order valence-corrected chi connectivity index (χ4v) is 6.84. The maximum atomic E-state index is 13.7. The summed E-state index contributed by atoms with van der Waals surface area (Å²) in [7, 11) is 1.68. The van der Waals surface area contributed by atoms with E-state index in [9.17, 15) is 22.8 Å². The first-order valence-electron chi connectivity index (χ1n) is 12.0. The molecule has 3 aliphatic heterocycles. The summed E-state index contributed by atoms with van der Waals surface area (Å²) >= 11 is 0. The van der Waals surface area contributed by atoms with E-state index in [0.29, 0.717) is 23.7 Å². The molecule has 2 saturated heterocycles. The van der Waals surface area contributed by atoms with Gasteiger partial charge in [-0.3, -0.25) is 14.6 Å². The number of likely N-dealkylation sites (tertiary alicyclic amines) is 1. The average molecular weight is 465 g/mol. The number of nitrogens with one attached hydrogen (secondary N) is 1. The molecule has 4 heterocycles. The van der Waals surface area contributed by atoms with Crippen molar-refractivity contribution in [3.05, 3.63) is 29.1 Å². The molecule has 4 aliphatic rings. The predicted molar refractivity (Wildman–Crippen MR) is 115 cm³/mol. The van der Waals surface area contributed by atoms with Gasteiger partial charge in [0.15, 0.2) is 0 Å². The summed E-state index contributed by atoms with van der Waals surface area (Å²) in [6, 6.07) is 1.47. The van der Waals surface area contributed by atoms with Gasteiger partial charge in [-0.05, 0) is 62.7 Å². The number of nitrogens with zero attached hydrogens (tertiary/aromatic N) is 3. The van der Waals surface area contributed by atoms with Crippen molar-refractivity contribution in [1.82, 2.24) is 20.1 Å². The molecule has 1 spiro atoms. The lowest BCUT2D eigenvalue weighted by atomic mass is 9.73. The van der Waals surface area contributed by atoms with Gasteiger partial charge in [-0.2, -0.15) is 13.2 Å². The van der Waals surface area contributed by atoms with Crippen LogP contribution < -0.4 is 5.32 Å². The van der Waals surface area contributed by atoms with Gasteiger partial charge in [0.1, 0.15) is 0 Å². The number of alkyl halides is 3. The van der Waals surface area contributed by atoms with Crippen LogP contribution in [0.1, 0.15) is 55.8 Å². The number of carbonyl (C=O) groups is 2. The lowest BCUT2D eigenvalue weighted by Gasteiger charge is -2.36. The number of rotatable bonds is 2. The summed E-state index contributed by atoms with van der Waals surface area (Å²) in [5, 5.41) is 2.74. The third-order valence-electron chi connectivity index (χ3n) is 8.85. The topological polar surface area (TPSA) is 65.5 Å². The Kier molecular flexibility index (Phi) is 5.46. The molecule has 4 atom stereocenters. The van der Waals surface area contributed by atoms with E-state index >= 15 is 0 Å². The van der Waals surface area contributed by atoms with Crippen LogP contribution in [0, 0.1) is 17.3 Å². The zero-order valence-corrected chi connectivity index (χ0v) is 19.1. The largest absolute Gasteiger partial charge is 0.417 e. The molecule has 33 heavy (non-hydrogen) atoms. The van der Waals surface area contributed by atoms with Gasteiger partial charge < -0.3 is 15.1 Å². The number of piperidine rings is 1. The second kappa shape index (κ2) is 7.96. The molecule has 3 fully saturated rings. The maximum Gasteiger partial charge on any atom is 0.417 e. The summed E-state index contributed by atoms with van der Waals surface area (Å²) in [4.78, 5) is 34.0. The highest BCUT2D eigenvalue weighted by Crippen LogP contribution is 2.55. The van der Waals surface area contributed by atoms with Gasteiger partial charge >= 0.3 is 6.18 Å². The number of hydrogen-bond donors (Lipinski definition) is 1. The van der Waals surface area contributed by atoms with Crippen molar-refractivity contribution in [2.45, 2.75) is 70.3 Å². The molecule has 0 aromatic carbocycles. The molecule has 1 aliphatic carbocycles. The predicted octanol–water partition coefficient (Wildman–Crippen LogP) is 3.00. The van der Waals surface area contributed by atoms with Crippen LogP contribution >= 0.6 is 0 Å². The molecule has 2 amide bonds. The van der Waals surface area contributed by atoms with Crippen molar-refractivity contribution in [3.63, 3.8) is 0 Å². The summed E-state index contributed by atoms with van der Waals surface area (Å²) in [5.41, 5.74) is 0.00784. The molecule has 1 aromatic rings. The first-order chi connectivity index (χ1) is 15.6. The van der Waals surface area contributed by atoms with E-state index in [1.54, 1.807) is 7.05 Å². The molecule has 9 heteroatoms. The molecule has 6 nitrogen and oxygen atoms in total. The van der Waals surface area contributed by atoms with Crippen LogP contribution in [-0.4, -0.2) is 58.8 Å². The third kappa shape index (κ3) is 3.63. The van der Waals surface area contributed by atoms with E-state index in [-0.39, 0.29) is 36.2 Å². The molecule has 1 saturated carbocycles. The zero-order chi connectivity index (χ0) is 23.5. The van der Waals surface area contributed by atoms with Crippen LogP contribution in [0.3, 0.4) is 0 Å². The Hall–Kier alpha value is -2.16. The lowest BCUT2D eigenvalue weighted by molar-refractivity contribution is -0.138. The van der Waals surface area contributed by atoms with E-state index in [1.165, 1.54) is 0 Å². The number of pyridine rings is 1. The molecule has 180 valence electrons. The van der Waals surface area contributed by atoms with Gasteiger partial charge in [0.25, 0.3) is 0 Å². The molecular formula is C24H31F3N4O2. The molecule has 5 rings (SSSR count). The van der Waals surface area contributed by atoms with Gasteiger partial charge in [-0.25, -0.2) is 0 Å². The van der Waals surface area contributed by atoms with Crippen LogP contribution in [-0.2, 0) is 28.7 Å². The van der Waals surface area contributed by atoms with Gasteiger partial charge in [-0.15, -0.1) is 0 Å². The van der Waals surface area contributed by atoms with E-state index in [2.05, 4.69) is 22.1 Å². The fraction of sp³-hybridized carbons (Fsp3) is 0.708. The van der Waals surface area contributed by atoms with Gasteiger partial charge in [0, 0.05) is 49.9 Å². The Morgan fingerprint density at radius 1 is 1.24 bits per heavy atom. The van der Waals surface area contributed by atoms with Crippen LogP contribution in [0.2, 0.25) is 0 Å². The normalized spacial score (nSPS) is 32.8. The average Bonchev–Trinajstić information content (AvgIpc) is 3.34. The standard InChI is InChI=1S/C24H31F3N4O2/c1-14-20-10-19-16(9-17(12-29-19)24(25,26)27)13-31(20)22(33)23(14)6-3-18(11-23)30-7-4-15(5-8-30)21(32)28-2/h9,12,14-15,18,20H,3-8,10-11,13H2,1-2H3,(H,28,32)/t14?,18-,20?,23+/m1/s1. The number of amides is 2. The Bertz CT molecular complexity index is 960. The van der Waals surface area contributed by atoms with Crippen molar-refractivity contribution in [2.75, 3.05) is 20.1 Å². The Morgan fingerprint density at radius 2 is 1.97 bits per heavy atom. The number of fused-ring (bicyclic) bond motifs is 2. The van der Waals surface area contributed by atoms with Gasteiger partial charge in [-0.1, -0.05) is 6.92 Å². The number of aromatic nitrogens is 1. The minimum atomic E-state index is -4.44. The first-order valence-corrected chi connectivity index (χ1v) is 12.0. The van der Waals surface area contributed by atoms with E-state index < -0.39 is 17.2 Å². The van der Waals surface area contributed by atoms with E-state index in [1.807, 2.05) is 4.90 Å². The molecule has 1 N–H and O–H groups in total. The Balaban J connectivity index is 1.31. The van der Waals surface area contributed by atoms with Crippen LogP contribution in [0.15, 0.2) is 12.3 Å². The molecule has 0 bridgehead atoms. The second-order valence-corrected chi connectivity index (χ2v) is 10.3. The van der Waals surface area contributed by atoms with E-state index in [4.69, 9.17) is 0 Å². The SMILES string of the molecule is CNC(=O)C1CCN([C@@H]2CC[C@@]3(C2)C(=O)N2Cc4cc(C(F)(F)F)cnc4CC2C3C)CC1. The van der Waals surface area contributed by atoms with Gasteiger partial charge in [0.2, 0.25) is 11.8 Å². The summed E-state index contributed by atoms with van der Waals surface area (Å²) in [6.45, 7) is 4.08. The number of hydrogen-bond acceptors (Lipinski definition) is 4. The van der Waals surface area contributed by atoms with Crippen LogP contribution in [0.5, 0.6) is 0 Å². The van der Waals surface area contributed by atoms with Crippen LogP contribution in [0.25, 0.3) is 0 Å². The Labute approximate surface area is 191 Å². The highest BCUT2D eigenvalue weighted by atomic mass is 19.4. The number of carbonyl (C=O) groups excluding carboxylic acids is 2.